The first kappa shape index (κ1) is 26.9. The molecule has 2 heterocycles. The third kappa shape index (κ3) is 5.11. The van der Waals surface area contributed by atoms with Crippen molar-refractivity contribution in [3.63, 3.8) is 0 Å². The van der Waals surface area contributed by atoms with Crippen molar-refractivity contribution in [2.24, 2.45) is 16.6 Å². The van der Waals surface area contributed by atoms with Gasteiger partial charge < -0.3 is 15.4 Å². The van der Waals surface area contributed by atoms with Crippen LogP contribution in [-0.2, 0) is 4.79 Å². The minimum absolute atomic E-state index is 0.0181. The van der Waals surface area contributed by atoms with Crippen molar-refractivity contribution in [2.45, 2.75) is 23.6 Å². The van der Waals surface area contributed by atoms with Gasteiger partial charge in [-0.3, -0.25) is 4.79 Å². The van der Waals surface area contributed by atoms with Crippen LogP contribution in [0.4, 0.5) is 8.78 Å². The van der Waals surface area contributed by atoms with Gasteiger partial charge in [-0.2, -0.15) is 0 Å². The number of allylic oxidation sites excluding steroid dienone is 4. The van der Waals surface area contributed by atoms with Crippen molar-refractivity contribution in [1.29, 1.82) is 0 Å². The zero-order chi connectivity index (χ0) is 26.7. The third-order valence-electron chi connectivity index (χ3n) is 5.90. The van der Waals surface area contributed by atoms with Crippen LogP contribution >= 0.6 is 11.8 Å². The fourth-order valence-electron chi connectivity index (χ4n) is 4.03. The summed E-state index contributed by atoms with van der Waals surface area (Å²) in [6.07, 6.45) is 13.3. The van der Waals surface area contributed by atoms with Crippen LogP contribution in [0.3, 0.4) is 0 Å². The van der Waals surface area contributed by atoms with E-state index < -0.39 is 21.9 Å². The molecule has 1 aliphatic carbocycles. The molecule has 0 bridgehead atoms. The van der Waals surface area contributed by atoms with Gasteiger partial charge in [0.05, 0.1) is 12.4 Å². The van der Waals surface area contributed by atoms with Crippen LogP contribution in [0, 0.1) is 18.3 Å². The van der Waals surface area contributed by atoms with Gasteiger partial charge in [0.2, 0.25) is 11.8 Å². The summed E-state index contributed by atoms with van der Waals surface area (Å²) in [5.41, 5.74) is 5.21. The van der Waals surface area contributed by atoms with E-state index in [4.69, 9.17) is 16.9 Å². The molecule has 2 N–H and O–H groups in total. The number of nitrogens with two attached hydrogens (primary N) is 1. The number of aromatic nitrogens is 2. The lowest BCUT2D eigenvalue weighted by molar-refractivity contribution is -0.129. The molecule has 0 radical (unpaired) electrons. The van der Waals surface area contributed by atoms with Crippen LogP contribution in [0.25, 0.3) is 5.83 Å². The number of carbonyl (C=O) groups is 1. The highest BCUT2D eigenvalue weighted by Gasteiger charge is 2.71. The fraction of sp³-hybridized carbons (Fsp3) is 0.308. The summed E-state index contributed by atoms with van der Waals surface area (Å²) in [4.78, 5) is 26.7. The lowest BCUT2D eigenvalue weighted by Gasteiger charge is -2.35. The molecular weight excluding hydrogens is 484 g/mol. The molecule has 1 fully saturated rings. The van der Waals surface area contributed by atoms with Crippen molar-refractivity contribution in [1.82, 2.24) is 14.9 Å². The van der Waals surface area contributed by atoms with Crippen LogP contribution in [0.1, 0.15) is 19.0 Å². The van der Waals surface area contributed by atoms with Crippen LogP contribution in [0.5, 0.6) is 5.88 Å². The highest BCUT2D eigenvalue weighted by atomic mass is 32.2. The fourth-order valence-corrected chi connectivity index (χ4v) is 5.45. The Hall–Kier alpha value is -3.71. The van der Waals surface area contributed by atoms with Gasteiger partial charge in [-0.15, -0.1) is 13.0 Å². The second kappa shape index (κ2) is 10.5. The summed E-state index contributed by atoms with van der Waals surface area (Å²) in [7, 11) is 3.32. The summed E-state index contributed by atoms with van der Waals surface area (Å²) < 4.78 is 34.1. The topological polar surface area (TPSA) is 93.7 Å². The number of amidine groups is 1. The van der Waals surface area contributed by atoms with Gasteiger partial charge >= 0.3 is 0 Å². The predicted molar refractivity (Wildman–Crippen MR) is 139 cm³/mol. The van der Waals surface area contributed by atoms with E-state index in [2.05, 4.69) is 34.0 Å². The van der Waals surface area contributed by atoms with Crippen molar-refractivity contribution < 1.29 is 18.3 Å². The Morgan fingerprint density at radius 3 is 2.69 bits per heavy atom. The second-order valence-electron chi connectivity index (χ2n) is 8.56. The van der Waals surface area contributed by atoms with Gasteiger partial charge in [-0.25, -0.2) is 23.7 Å². The van der Waals surface area contributed by atoms with Crippen LogP contribution in [0.15, 0.2) is 71.8 Å². The first-order valence-corrected chi connectivity index (χ1v) is 11.7. The van der Waals surface area contributed by atoms with E-state index in [0.717, 1.165) is 0 Å². The van der Waals surface area contributed by atoms with E-state index in [1.807, 2.05) is 0 Å². The summed E-state index contributed by atoms with van der Waals surface area (Å²) in [6, 6.07) is 0. The zero-order valence-corrected chi connectivity index (χ0v) is 21.1. The lowest BCUT2D eigenvalue weighted by atomic mass is 9.83. The number of halogens is 2. The van der Waals surface area contributed by atoms with Crippen molar-refractivity contribution >= 4 is 28.7 Å². The largest absolute Gasteiger partial charge is 0.463 e. The van der Waals surface area contributed by atoms with E-state index in [1.165, 1.54) is 53.4 Å². The molecule has 2 aliphatic rings. The molecule has 1 aromatic rings. The Labute approximate surface area is 213 Å². The number of rotatable bonds is 9. The average molecular weight is 512 g/mol. The van der Waals surface area contributed by atoms with Crippen LogP contribution < -0.4 is 10.5 Å². The molecule has 1 aromatic heterocycles. The molecule has 3 rings (SSSR count). The summed E-state index contributed by atoms with van der Waals surface area (Å²) in [5, 5.41) is 0.168. The first-order valence-electron chi connectivity index (χ1n) is 10.9. The molecule has 1 aliphatic heterocycles. The quantitative estimate of drug-likeness (QED) is 0.306. The number of ether oxygens (including phenoxy) is 1. The maximum absolute atomic E-state index is 15.3. The SMILES string of the molecule is C#CCOc1cnc(/C(F)=C/C(C)=C/C=C(/F)C(=C)[C@@]2(C=C)N=C(N)S[C@@]3(C(=O)N(C)C)C[C@@H]23)cn1. The predicted octanol–water partition coefficient (Wildman–Crippen LogP) is 3.99. The lowest BCUT2D eigenvalue weighted by Crippen LogP contribution is -2.45. The van der Waals surface area contributed by atoms with Gasteiger partial charge in [0.1, 0.15) is 21.8 Å². The Bertz CT molecular complexity index is 1250. The summed E-state index contributed by atoms with van der Waals surface area (Å²) >= 11 is 1.19. The van der Waals surface area contributed by atoms with Crippen molar-refractivity contribution in [3.8, 4) is 18.2 Å². The molecular formula is C26H27F2N5O2S. The number of nitrogens with zero attached hydrogens (tertiary/aromatic N) is 4. The molecule has 3 atom stereocenters. The van der Waals surface area contributed by atoms with E-state index in [1.54, 1.807) is 21.0 Å². The normalized spacial score (nSPS) is 25.7. The number of fused-ring (bicyclic) bond motifs is 1. The minimum atomic E-state index is -1.26. The molecule has 1 saturated carbocycles. The minimum Gasteiger partial charge on any atom is -0.463 e. The monoisotopic (exact) mass is 511 g/mol. The van der Waals surface area contributed by atoms with Gasteiger partial charge in [0.25, 0.3) is 0 Å². The molecule has 10 heteroatoms. The Morgan fingerprint density at radius 1 is 1.39 bits per heavy atom. The molecule has 0 unspecified atom stereocenters. The number of amides is 1. The molecule has 36 heavy (non-hydrogen) atoms. The smallest absolute Gasteiger partial charge is 0.239 e. The summed E-state index contributed by atoms with van der Waals surface area (Å²) in [5.74, 6) is 0.666. The van der Waals surface area contributed by atoms with Crippen LogP contribution in [-0.4, -0.2) is 56.9 Å². The van der Waals surface area contributed by atoms with E-state index in [-0.39, 0.29) is 40.7 Å². The number of thioether (sulfide) groups is 1. The molecule has 188 valence electrons. The molecule has 1 amide bonds. The van der Waals surface area contributed by atoms with Crippen molar-refractivity contribution in [2.75, 3.05) is 20.7 Å². The third-order valence-corrected chi connectivity index (χ3v) is 7.19. The summed E-state index contributed by atoms with van der Waals surface area (Å²) in [6.45, 7) is 9.37. The molecule has 7 nitrogen and oxygen atoms in total. The number of aliphatic imine (C=N–C) groups is 1. The standard InChI is InChI=1S/C26H27F2N5O2S/c1-7-11-35-22-15-30-20(14-31-22)19(28)12-16(3)9-10-18(27)17(4)25(8-2)21-13-26(21,23(34)33(5)6)36-24(29)32-25/h1,8-10,12,14-15,21H,2,4,11,13H2,3,5-6H3,(H2,29,32)/b16-9+,18-10+,19-12-/t21-,25+,26-/m0/s1. The molecule has 0 aromatic carbocycles. The maximum atomic E-state index is 15.3. The number of carbonyl (C=O) groups excluding carboxylic acids is 1. The molecule has 0 saturated heterocycles. The average Bonchev–Trinajstić information content (AvgIpc) is 3.60. The number of hydrogen-bond acceptors (Lipinski definition) is 7. The van der Waals surface area contributed by atoms with Gasteiger partial charge in [0.15, 0.2) is 17.6 Å². The first-order chi connectivity index (χ1) is 17.0. The van der Waals surface area contributed by atoms with E-state index in [0.29, 0.717) is 12.0 Å². The second-order valence-corrected chi connectivity index (χ2v) is 9.91. The van der Waals surface area contributed by atoms with E-state index >= 15 is 4.39 Å². The van der Waals surface area contributed by atoms with Crippen LogP contribution in [0.2, 0.25) is 0 Å². The highest BCUT2D eigenvalue weighted by molar-refractivity contribution is 8.15. The van der Waals surface area contributed by atoms with Crippen molar-refractivity contribution in [3.05, 3.63) is 72.5 Å². The Morgan fingerprint density at radius 2 is 2.11 bits per heavy atom. The highest BCUT2D eigenvalue weighted by Crippen LogP contribution is 2.65. The van der Waals surface area contributed by atoms with Gasteiger partial charge in [0, 0.05) is 25.6 Å². The Balaban J connectivity index is 1.80. The number of hydrogen-bond donors (Lipinski definition) is 1. The van der Waals surface area contributed by atoms with Gasteiger partial charge in [-0.1, -0.05) is 36.4 Å². The van der Waals surface area contributed by atoms with E-state index in [9.17, 15) is 9.18 Å². The zero-order valence-electron chi connectivity index (χ0n) is 20.3. The number of terminal acetylenes is 1. The van der Waals surface area contributed by atoms with Gasteiger partial charge in [-0.05, 0) is 31.1 Å². The molecule has 0 spiro atoms. The Kier molecular flexibility index (Phi) is 7.84. The maximum Gasteiger partial charge on any atom is 0.239 e.